The van der Waals surface area contributed by atoms with Gasteiger partial charge in [-0.25, -0.2) is 4.98 Å². The van der Waals surface area contributed by atoms with Gasteiger partial charge in [-0.2, -0.15) is 0 Å². The highest BCUT2D eigenvalue weighted by molar-refractivity contribution is 6.10. The molecule has 3 heterocycles. The molecule has 5 rings (SSSR count). The van der Waals surface area contributed by atoms with Crippen molar-refractivity contribution in [3.05, 3.63) is 65.5 Å². The molecule has 1 atom stereocenters. The van der Waals surface area contributed by atoms with Crippen molar-refractivity contribution in [2.45, 2.75) is 32.7 Å². The first-order valence-electron chi connectivity index (χ1n) is 10.9. The molecule has 1 aliphatic rings. The van der Waals surface area contributed by atoms with Crippen LogP contribution in [0.15, 0.2) is 48.5 Å². The minimum Gasteiger partial charge on any atom is -0.365 e. The molecule has 1 N–H and O–H groups in total. The smallest absolute Gasteiger partial charge is 0.204 e. The van der Waals surface area contributed by atoms with E-state index in [2.05, 4.69) is 27.3 Å². The summed E-state index contributed by atoms with van der Waals surface area (Å²) in [6.07, 6.45) is 2.43. The molecule has 1 saturated heterocycles. The second kappa shape index (κ2) is 8.07. The number of likely N-dealkylation sites (tertiary alicyclic amines) is 1. The summed E-state index contributed by atoms with van der Waals surface area (Å²) in [5.74, 6) is 1.49. The first kappa shape index (κ1) is 19.6. The molecule has 0 radical (unpaired) electrons. The average molecular weight is 415 g/mol. The van der Waals surface area contributed by atoms with Crippen LogP contribution in [0.5, 0.6) is 0 Å². The largest absolute Gasteiger partial charge is 0.365 e. The number of nitrogens with zero attached hydrogens (tertiary/aromatic N) is 5. The number of fused-ring (bicyclic) bond motifs is 3. The molecule has 0 saturated carbocycles. The van der Waals surface area contributed by atoms with Crippen LogP contribution in [0.25, 0.3) is 16.7 Å². The van der Waals surface area contributed by atoms with E-state index in [1.54, 1.807) is 0 Å². The van der Waals surface area contributed by atoms with Crippen molar-refractivity contribution in [1.29, 1.82) is 0 Å². The Balaban J connectivity index is 1.53. The lowest BCUT2D eigenvalue weighted by molar-refractivity contribution is 0.103. The van der Waals surface area contributed by atoms with Crippen LogP contribution in [0.4, 0.5) is 5.82 Å². The van der Waals surface area contributed by atoms with Crippen LogP contribution in [0.2, 0.25) is 0 Å². The van der Waals surface area contributed by atoms with Crippen LogP contribution < -0.4 is 5.32 Å². The van der Waals surface area contributed by atoms with E-state index in [1.165, 1.54) is 12.8 Å². The Morgan fingerprint density at radius 2 is 1.97 bits per heavy atom. The van der Waals surface area contributed by atoms with Gasteiger partial charge in [0.25, 0.3) is 0 Å². The van der Waals surface area contributed by atoms with Crippen molar-refractivity contribution >= 4 is 28.3 Å². The van der Waals surface area contributed by atoms with Gasteiger partial charge in [-0.05, 0) is 51.1 Å². The maximum absolute atomic E-state index is 12.9. The fourth-order valence-electron chi connectivity index (χ4n) is 4.54. The Morgan fingerprint density at radius 1 is 1.13 bits per heavy atom. The standard InChI is InChI=1S/C24H26N6O/c1-3-29-13-7-10-19(29)15-25-23-24-28-27-16(2)30(24)21-14-18(11-12-20(21)26-23)22(31)17-8-5-4-6-9-17/h4-6,8-9,11-12,14,19H,3,7,10,13,15H2,1-2H3,(H,25,26)/t19-/m1/s1. The Kier molecular flexibility index (Phi) is 5.11. The third kappa shape index (κ3) is 3.55. The van der Waals surface area contributed by atoms with E-state index in [1.807, 2.05) is 59.9 Å². The number of aryl methyl sites for hydroxylation is 1. The van der Waals surface area contributed by atoms with Gasteiger partial charge in [-0.15, -0.1) is 10.2 Å². The zero-order chi connectivity index (χ0) is 21.4. The zero-order valence-electron chi connectivity index (χ0n) is 17.9. The van der Waals surface area contributed by atoms with Crippen LogP contribution in [-0.4, -0.2) is 55.9 Å². The molecule has 1 aliphatic heterocycles. The fraction of sp³-hybridized carbons (Fsp3) is 0.333. The second-order valence-corrected chi connectivity index (χ2v) is 8.07. The highest BCUT2D eigenvalue weighted by Gasteiger charge is 2.23. The molecule has 7 nitrogen and oxygen atoms in total. The number of anilines is 1. The van der Waals surface area contributed by atoms with Gasteiger partial charge in [0.15, 0.2) is 11.6 Å². The highest BCUT2D eigenvalue weighted by atomic mass is 16.1. The molecule has 0 unspecified atom stereocenters. The van der Waals surface area contributed by atoms with Crippen LogP contribution in [-0.2, 0) is 0 Å². The molecule has 158 valence electrons. The molecule has 0 amide bonds. The fourth-order valence-corrected chi connectivity index (χ4v) is 4.54. The van der Waals surface area contributed by atoms with Crippen molar-refractivity contribution in [1.82, 2.24) is 24.5 Å². The molecule has 2 aromatic carbocycles. The van der Waals surface area contributed by atoms with Crippen molar-refractivity contribution in [2.75, 3.05) is 25.0 Å². The SMILES string of the molecule is CCN1CCC[C@@H]1CNc1nc2ccc(C(=O)c3ccccc3)cc2n2c(C)nnc12. The number of benzene rings is 2. The Morgan fingerprint density at radius 3 is 2.77 bits per heavy atom. The van der Waals surface area contributed by atoms with E-state index >= 15 is 0 Å². The minimum absolute atomic E-state index is 0.00975. The molecule has 1 fully saturated rings. The van der Waals surface area contributed by atoms with Crippen LogP contribution in [0, 0.1) is 6.92 Å². The van der Waals surface area contributed by atoms with E-state index in [4.69, 9.17) is 4.98 Å². The van der Waals surface area contributed by atoms with Gasteiger partial charge in [0.1, 0.15) is 5.82 Å². The number of hydrogen-bond donors (Lipinski definition) is 1. The topological polar surface area (TPSA) is 75.4 Å². The van der Waals surface area contributed by atoms with E-state index in [-0.39, 0.29) is 5.78 Å². The first-order chi connectivity index (χ1) is 15.2. The van der Waals surface area contributed by atoms with Crippen LogP contribution in [0.1, 0.15) is 41.5 Å². The summed E-state index contributed by atoms with van der Waals surface area (Å²) < 4.78 is 1.98. The van der Waals surface area contributed by atoms with Crippen LogP contribution >= 0.6 is 0 Å². The van der Waals surface area contributed by atoms with Gasteiger partial charge < -0.3 is 5.32 Å². The van der Waals surface area contributed by atoms with Gasteiger partial charge in [0.2, 0.25) is 5.65 Å². The molecule has 0 spiro atoms. The summed E-state index contributed by atoms with van der Waals surface area (Å²) in [6.45, 7) is 7.19. The third-order valence-corrected chi connectivity index (χ3v) is 6.19. The van der Waals surface area contributed by atoms with Gasteiger partial charge >= 0.3 is 0 Å². The minimum atomic E-state index is -0.00975. The molecule has 7 heteroatoms. The van der Waals surface area contributed by atoms with E-state index in [9.17, 15) is 4.79 Å². The molecule has 0 bridgehead atoms. The molecule has 31 heavy (non-hydrogen) atoms. The van der Waals surface area contributed by atoms with E-state index in [0.29, 0.717) is 22.8 Å². The highest BCUT2D eigenvalue weighted by Crippen LogP contribution is 2.25. The maximum Gasteiger partial charge on any atom is 0.204 e. The quantitative estimate of drug-likeness (QED) is 0.485. The number of hydrogen-bond acceptors (Lipinski definition) is 6. The van der Waals surface area contributed by atoms with E-state index < -0.39 is 0 Å². The lowest BCUT2D eigenvalue weighted by atomic mass is 10.0. The summed E-state index contributed by atoms with van der Waals surface area (Å²) in [5.41, 5.74) is 3.62. The van der Waals surface area contributed by atoms with Crippen molar-refractivity contribution in [2.24, 2.45) is 0 Å². The average Bonchev–Trinajstić information content (AvgIpc) is 3.44. The van der Waals surface area contributed by atoms with E-state index in [0.717, 1.165) is 42.3 Å². The Hall–Kier alpha value is -3.32. The predicted octanol–water partition coefficient (Wildman–Crippen LogP) is 3.71. The second-order valence-electron chi connectivity index (χ2n) is 8.07. The number of carbonyl (C=O) groups excluding carboxylic acids is 1. The first-order valence-corrected chi connectivity index (χ1v) is 10.9. The zero-order valence-corrected chi connectivity index (χ0v) is 17.9. The van der Waals surface area contributed by atoms with Gasteiger partial charge in [0, 0.05) is 23.7 Å². The van der Waals surface area contributed by atoms with Gasteiger partial charge in [-0.1, -0.05) is 37.3 Å². The predicted molar refractivity (Wildman–Crippen MR) is 122 cm³/mol. The molecular formula is C24H26N6O. The molecular weight excluding hydrogens is 388 g/mol. The van der Waals surface area contributed by atoms with Crippen molar-refractivity contribution in [3.8, 4) is 0 Å². The third-order valence-electron chi connectivity index (χ3n) is 6.19. The number of aromatic nitrogens is 4. The number of ketones is 1. The Labute approximate surface area is 181 Å². The van der Waals surface area contributed by atoms with Crippen LogP contribution in [0.3, 0.4) is 0 Å². The Bertz CT molecular complexity index is 1250. The van der Waals surface area contributed by atoms with Crippen molar-refractivity contribution in [3.63, 3.8) is 0 Å². The summed E-state index contributed by atoms with van der Waals surface area (Å²) in [7, 11) is 0. The lowest BCUT2D eigenvalue weighted by Crippen LogP contribution is -2.34. The normalized spacial score (nSPS) is 16.9. The molecule has 0 aliphatic carbocycles. The van der Waals surface area contributed by atoms with Gasteiger partial charge in [0.05, 0.1) is 11.0 Å². The monoisotopic (exact) mass is 414 g/mol. The number of carbonyl (C=O) groups is 1. The maximum atomic E-state index is 12.9. The number of likely N-dealkylation sites (N-methyl/N-ethyl adjacent to an activating group) is 1. The summed E-state index contributed by atoms with van der Waals surface area (Å²) in [4.78, 5) is 20.3. The lowest BCUT2D eigenvalue weighted by Gasteiger charge is -2.23. The van der Waals surface area contributed by atoms with Crippen molar-refractivity contribution < 1.29 is 4.79 Å². The summed E-state index contributed by atoms with van der Waals surface area (Å²) in [5, 5.41) is 12.2. The molecule has 4 aromatic rings. The summed E-state index contributed by atoms with van der Waals surface area (Å²) >= 11 is 0. The molecule has 2 aromatic heterocycles. The number of nitrogens with one attached hydrogen (secondary N) is 1. The number of rotatable bonds is 6. The summed E-state index contributed by atoms with van der Waals surface area (Å²) in [6, 6.07) is 15.5. The van der Waals surface area contributed by atoms with Gasteiger partial charge in [-0.3, -0.25) is 14.1 Å².